The summed E-state index contributed by atoms with van der Waals surface area (Å²) in [6.45, 7) is 2.56. The van der Waals surface area contributed by atoms with Gasteiger partial charge < -0.3 is 0 Å². The first-order valence-corrected chi connectivity index (χ1v) is 8.37. The van der Waals surface area contributed by atoms with E-state index in [2.05, 4.69) is 27.2 Å². The number of hydrogen-bond acceptors (Lipinski definition) is 2. The standard InChI is InChI=1S/C19H17ClFN3/c20-15-7-4-8-16(21)18(15)19-14-12-24(10-9-17(14)22-23-19)11-13-5-2-1-3-6-13/h1-8H,9-12H2,(H,22,23). The molecule has 3 nitrogen and oxygen atoms in total. The highest BCUT2D eigenvalue weighted by atomic mass is 35.5. The van der Waals surface area contributed by atoms with Gasteiger partial charge in [-0.05, 0) is 17.7 Å². The number of aromatic nitrogens is 2. The van der Waals surface area contributed by atoms with E-state index in [1.54, 1.807) is 12.1 Å². The van der Waals surface area contributed by atoms with Gasteiger partial charge in [0.1, 0.15) is 11.5 Å². The van der Waals surface area contributed by atoms with Gasteiger partial charge in [0.05, 0.1) is 10.6 Å². The van der Waals surface area contributed by atoms with Gasteiger partial charge >= 0.3 is 0 Å². The molecule has 0 fully saturated rings. The first-order chi connectivity index (χ1) is 11.7. The molecular weight excluding hydrogens is 325 g/mol. The molecule has 2 aromatic carbocycles. The summed E-state index contributed by atoms with van der Waals surface area (Å²) in [7, 11) is 0. The van der Waals surface area contributed by atoms with Crippen LogP contribution in [0.2, 0.25) is 5.02 Å². The van der Waals surface area contributed by atoms with Gasteiger partial charge in [0.15, 0.2) is 0 Å². The molecule has 2 heterocycles. The van der Waals surface area contributed by atoms with Gasteiger partial charge in [-0.15, -0.1) is 0 Å². The van der Waals surface area contributed by atoms with Gasteiger partial charge in [-0.3, -0.25) is 10.00 Å². The maximum absolute atomic E-state index is 14.3. The van der Waals surface area contributed by atoms with E-state index >= 15 is 0 Å². The molecule has 1 N–H and O–H groups in total. The molecule has 24 heavy (non-hydrogen) atoms. The highest BCUT2D eigenvalue weighted by Crippen LogP contribution is 2.34. The Morgan fingerprint density at radius 1 is 1.12 bits per heavy atom. The summed E-state index contributed by atoms with van der Waals surface area (Å²) in [5.41, 5.74) is 4.41. The summed E-state index contributed by atoms with van der Waals surface area (Å²) in [4.78, 5) is 2.35. The molecule has 0 atom stereocenters. The predicted octanol–water partition coefficient (Wildman–Crippen LogP) is 4.43. The molecule has 1 aliphatic heterocycles. The molecule has 0 bridgehead atoms. The Labute approximate surface area is 145 Å². The number of rotatable bonds is 3. The van der Waals surface area contributed by atoms with Crippen molar-refractivity contribution in [2.45, 2.75) is 19.5 Å². The van der Waals surface area contributed by atoms with Crippen molar-refractivity contribution in [1.29, 1.82) is 0 Å². The van der Waals surface area contributed by atoms with Gasteiger partial charge in [-0.2, -0.15) is 5.10 Å². The Kier molecular flexibility index (Phi) is 4.08. The van der Waals surface area contributed by atoms with E-state index in [9.17, 15) is 4.39 Å². The van der Waals surface area contributed by atoms with Crippen molar-refractivity contribution >= 4 is 11.6 Å². The Morgan fingerprint density at radius 3 is 2.75 bits per heavy atom. The van der Waals surface area contributed by atoms with Crippen LogP contribution in [0.15, 0.2) is 48.5 Å². The summed E-state index contributed by atoms with van der Waals surface area (Å²) in [6.07, 6.45) is 0.876. The first kappa shape index (κ1) is 15.4. The van der Waals surface area contributed by atoms with Crippen LogP contribution in [0.25, 0.3) is 11.3 Å². The fourth-order valence-electron chi connectivity index (χ4n) is 3.26. The zero-order valence-corrected chi connectivity index (χ0v) is 13.9. The lowest BCUT2D eigenvalue weighted by Gasteiger charge is -2.27. The van der Waals surface area contributed by atoms with E-state index in [1.807, 2.05) is 18.2 Å². The van der Waals surface area contributed by atoms with Crippen LogP contribution in [-0.4, -0.2) is 21.6 Å². The Morgan fingerprint density at radius 2 is 1.96 bits per heavy atom. The van der Waals surface area contributed by atoms with E-state index in [1.165, 1.54) is 11.6 Å². The molecule has 0 aliphatic carbocycles. The summed E-state index contributed by atoms with van der Waals surface area (Å²) < 4.78 is 14.3. The summed E-state index contributed by atoms with van der Waals surface area (Å²) in [5.74, 6) is -0.336. The van der Waals surface area contributed by atoms with E-state index < -0.39 is 0 Å². The van der Waals surface area contributed by atoms with E-state index in [-0.39, 0.29) is 5.82 Å². The van der Waals surface area contributed by atoms with Crippen LogP contribution < -0.4 is 0 Å². The second kappa shape index (κ2) is 6.38. The number of hydrogen-bond donors (Lipinski definition) is 1. The van der Waals surface area contributed by atoms with Crippen LogP contribution >= 0.6 is 11.6 Å². The lowest BCUT2D eigenvalue weighted by Crippen LogP contribution is -2.30. The molecule has 122 valence electrons. The predicted molar refractivity (Wildman–Crippen MR) is 93.3 cm³/mol. The molecule has 0 unspecified atom stereocenters. The van der Waals surface area contributed by atoms with Crippen molar-refractivity contribution in [3.05, 3.63) is 76.2 Å². The average Bonchev–Trinajstić information content (AvgIpc) is 2.99. The van der Waals surface area contributed by atoms with Gasteiger partial charge in [0, 0.05) is 37.3 Å². The first-order valence-electron chi connectivity index (χ1n) is 7.99. The third-order valence-electron chi connectivity index (χ3n) is 4.46. The van der Waals surface area contributed by atoms with E-state index in [0.717, 1.165) is 37.3 Å². The quantitative estimate of drug-likeness (QED) is 0.764. The van der Waals surface area contributed by atoms with Crippen LogP contribution in [0.1, 0.15) is 16.8 Å². The Balaban J connectivity index is 1.65. The summed E-state index contributed by atoms with van der Waals surface area (Å²) >= 11 is 6.22. The zero-order chi connectivity index (χ0) is 16.5. The molecular formula is C19H17ClFN3. The maximum atomic E-state index is 14.3. The SMILES string of the molecule is Fc1cccc(Cl)c1-c1n[nH]c2c1CN(Cc1ccccc1)CC2. The van der Waals surface area contributed by atoms with Crippen LogP contribution in [0, 0.1) is 5.82 Å². The molecule has 0 amide bonds. The van der Waals surface area contributed by atoms with Gasteiger partial charge in [-0.1, -0.05) is 48.0 Å². The van der Waals surface area contributed by atoms with Crippen molar-refractivity contribution in [2.24, 2.45) is 0 Å². The molecule has 4 rings (SSSR count). The Bertz CT molecular complexity index is 840. The fraction of sp³-hybridized carbons (Fsp3) is 0.211. The third-order valence-corrected chi connectivity index (χ3v) is 4.78. The minimum atomic E-state index is -0.336. The molecule has 0 spiro atoms. The largest absolute Gasteiger partial charge is 0.294 e. The molecule has 1 aliphatic rings. The number of fused-ring (bicyclic) bond motifs is 1. The minimum Gasteiger partial charge on any atom is -0.294 e. The van der Waals surface area contributed by atoms with Gasteiger partial charge in [0.2, 0.25) is 0 Å². The monoisotopic (exact) mass is 341 g/mol. The van der Waals surface area contributed by atoms with Crippen molar-refractivity contribution in [1.82, 2.24) is 15.1 Å². The van der Waals surface area contributed by atoms with Crippen molar-refractivity contribution in [3.63, 3.8) is 0 Å². The lowest BCUT2D eigenvalue weighted by molar-refractivity contribution is 0.245. The lowest BCUT2D eigenvalue weighted by atomic mass is 10.00. The Hall–Kier alpha value is -2.17. The smallest absolute Gasteiger partial charge is 0.134 e. The molecule has 5 heteroatoms. The topological polar surface area (TPSA) is 31.9 Å². The fourth-order valence-corrected chi connectivity index (χ4v) is 3.51. The number of benzene rings is 2. The van der Waals surface area contributed by atoms with E-state index in [0.29, 0.717) is 16.3 Å². The summed E-state index contributed by atoms with van der Waals surface area (Å²) in [6, 6.07) is 15.1. The molecule has 0 saturated heterocycles. The van der Waals surface area contributed by atoms with Crippen LogP contribution in [0.3, 0.4) is 0 Å². The van der Waals surface area contributed by atoms with Crippen molar-refractivity contribution in [2.75, 3.05) is 6.54 Å². The summed E-state index contributed by atoms with van der Waals surface area (Å²) in [5, 5.41) is 7.81. The molecule has 0 saturated carbocycles. The highest BCUT2D eigenvalue weighted by molar-refractivity contribution is 6.33. The van der Waals surface area contributed by atoms with Crippen molar-refractivity contribution < 1.29 is 4.39 Å². The third kappa shape index (κ3) is 2.83. The second-order valence-electron chi connectivity index (χ2n) is 6.07. The van der Waals surface area contributed by atoms with Crippen LogP contribution in [0.5, 0.6) is 0 Å². The zero-order valence-electron chi connectivity index (χ0n) is 13.1. The molecule has 0 radical (unpaired) electrons. The van der Waals surface area contributed by atoms with Crippen LogP contribution in [0.4, 0.5) is 4.39 Å². The molecule has 3 aromatic rings. The maximum Gasteiger partial charge on any atom is 0.134 e. The number of nitrogens with one attached hydrogen (secondary N) is 1. The highest BCUT2D eigenvalue weighted by Gasteiger charge is 2.25. The van der Waals surface area contributed by atoms with E-state index in [4.69, 9.17) is 11.6 Å². The number of nitrogens with zero attached hydrogens (tertiary/aromatic N) is 2. The number of halogens is 2. The molecule has 1 aromatic heterocycles. The number of H-pyrrole nitrogens is 1. The average molecular weight is 342 g/mol. The minimum absolute atomic E-state index is 0.336. The van der Waals surface area contributed by atoms with Gasteiger partial charge in [0.25, 0.3) is 0 Å². The van der Waals surface area contributed by atoms with Gasteiger partial charge in [-0.25, -0.2) is 4.39 Å². The number of aromatic amines is 1. The second-order valence-corrected chi connectivity index (χ2v) is 6.48. The van der Waals surface area contributed by atoms with Crippen LogP contribution in [-0.2, 0) is 19.5 Å². The normalized spacial score (nSPS) is 14.6. The van der Waals surface area contributed by atoms with Crippen molar-refractivity contribution in [3.8, 4) is 11.3 Å².